The first-order chi connectivity index (χ1) is 9.76. The van der Waals surface area contributed by atoms with Gasteiger partial charge in [0.25, 0.3) is 0 Å². The molecule has 0 bridgehead atoms. The second kappa shape index (κ2) is 5.76. The lowest BCUT2D eigenvalue weighted by Crippen LogP contribution is -2.44. The van der Waals surface area contributed by atoms with Gasteiger partial charge < -0.3 is 4.79 Å². The molecule has 1 unspecified atom stereocenters. The first-order valence-corrected chi connectivity index (χ1v) is 7.85. The number of aldehydes is 1. The number of hydrogen-bond acceptors (Lipinski definition) is 3. The van der Waals surface area contributed by atoms with E-state index in [2.05, 4.69) is 0 Å². The van der Waals surface area contributed by atoms with E-state index in [0.29, 0.717) is 25.2 Å². The maximum absolute atomic E-state index is 12.7. The van der Waals surface area contributed by atoms with E-state index in [1.54, 1.807) is 0 Å². The normalized spacial score (nSPS) is 21.2. The van der Waals surface area contributed by atoms with Crippen LogP contribution in [0.25, 0.3) is 0 Å². The largest absolute Gasteiger partial charge is 0.416 e. The third-order valence-electron chi connectivity index (χ3n) is 3.42. The van der Waals surface area contributed by atoms with Gasteiger partial charge in [0, 0.05) is 6.54 Å². The fourth-order valence-electron chi connectivity index (χ4n) is 2.33. The summed E-state index contributed by atoms with van der Waals surface area (Å²) in [6.45, 7) is 0.141. The summed E-state index contributed by atoms with van der Waals surface area (Å²) in [7, 11) is -4.10. The molecule has 1 saturated heterocycles. The molecule has 4 nitrogen and oxygen atoms in total. The average molecular weight is 321 g/mol. The van der Waals surface area contributed by atoms with Crippen molar-refractivity contribution >= 4 is 16.3 Å². The van der Waals surface area contributed by atoms with Crippen LogP contribution >= 0.6 is 0 Å². The first kappa shape index (κ1) is 16.0. The molecular formula is C13H14F3NO3S. The molecule has 0 spiro atoms. The molecular weight excluding hydrogens is 307 g/mol. The van der Waals surface area contributed by atoms with E-state index in [0.717, 1.165) is 28.9 Å². The number of rotatable bonds is 3. The minimum Gasteiger partial charge on any atom is -0.302 e. The topological polar surface area (TPSA) is 54.5 Å². The lowest BCUT2D eigenvalue weighted by molar-refractivity contribution is -0.137. The number of carbonyl (C=O) groups is 1. The number of nitrogens with zero attached hydrogens (tertiary/aromatic N) is 1. The predicted molar refractivity (Wildman–Crippen MR) is 69.0 cm³/mol. The zero-order valence-corrected chi connectivity index (χ0v) is 11.8. The first-order valence-electron chi connectivity index (χ1n) is 6.41. The minimum atomic E-state index is -4.61. The third-order valence-corrected chi connectivity index (χ3v) is 5.34. The van der Waals surface area contributed by atoms with Crippen LogP contribution in [0.2, 0.25) is 0 Å². The molecule has 0 aliphatic carbocycles. The van der Waals surface area contributed by atoms with E-state index in [9.17, 15) is 26.4 Å². The van der Waals surface area contributed by atoms with Gasteiger partial charge in [0.1, 0.15) is 6.29 Å². The summed E-state index contributed by atoms with van der Waals surface area (Å²) in [4.78, 5) is 10.5. The van der Waals surface area contributed by atoms with Crippen LogP contribution in [-0.2, 0) is 21.0 Å². The van der Waals surface area contributed by atoms with Crippen molar-refractivity contribution in [2.75, 3.05) is 6.54 Å². The Morgan fingerprint density at radius 1 is 1.24 bits per heavy atom. The molecule has 0 saturated carbocycles. The third kappa shape index (κ3) is 3.26. The number of alkyl halides is 3. The second-order valence-corrected chi connectivity index (χ2v) is 6.73. The van der Waals surface area contributed by atoms with Gasteiger partial charge in [-0.25, -0.2) is 8.42 Å². The highest BCUT2D eigenvalue weighted by molar-refractivity contribution is 7.89. The fourth-order valence-corrected chi connectivity index (χ4v) is 4.01. The molecule has 0 amide bonds. The number of hydrogen-bond donors (Lipinski definition) is 0. The quantitative estimate of drug-likeness (QED) is 0.804. The van der Waals surface area contributed by atoms with Crippen LogP contribution in [0.4, 0.5) is 13.2 Å². The summed E-state index contributed by atoms with van der Waals surface area (Å²) in [6.07, 6.45) is -2.38. The Balaban J connectivity index is 2.41. The van der Waals surface area contributed by atoms with E-state index in [-0.39, 0.29) is 6.54 Å². The molecule has 8 heteroatoms. The molecule has 1 aromatic rings. The molecule has 1 aromatic carbocycles. The molecule has 1 fully saturated rings. The van der Waals surface area contributed by atoms with Gasteiger partial charge in [0.05, 0.1) is 16.5 Å². The van der Waals surface area contributed by atoms with Gasteiger partial charge in [-0.1, -0.05) is 12.5 Å². The number of halogens is 3. The Hall–Kier alpha value is -1.41. The Kier molecular flexibility index (Phi) is 4.38. The van der Waals surface area contributed by atoms with Crippen LogP contribution in [0.1, 0.15) is 24.8 Å². The lowest BCUT2D eigenvalue weighted by Gasteiger charge is -2.31. The molecule has 0 N–H and O–H groups in total. The predicted octanol–water partition coefficient (Wildman–Crippen LogP) is 2.45. The van der Waals surface area contributed by atoms with Gasteiger partial charge in [-0.15, -0.1) is 0 Å². The van der Waals surface area contributed by atoms with Gasteiger partial charge in [-0.3, -0.25) is 0 Å². The Morgan fingerprint density at radius 3 is 2.57 bits per heavy atom. The van der Waals surface area contributed by atoms with E-state index in [4.69, 9.17) is 0 Å². The maximum atomic E-state index is 12.7. The van der Waals surface area contributed by atoms with Gasteiger partial charge >= 0.3 is 6.18 Å². The highest BCUT2D eigenvalue weighted by Gasteiger charge is 2.36. The highest BCUT2D eigenvalue weighted by Crippen LogP contribution is 2.32. The van der Waals surface area contributed by atoms with Crippen molar-refractivity contribution in [2.24, 2.45) is 0 Å². The van der Waals surface area contributed by atoms with E-state index in [1.165, 1.54) is 0 Å². The van der Waals surface area contributed by atoms with Gasteiger partial charge in [0.2, 0.25) is 10.0 Å². The van der Waals surface area contributed by atoms with Crippen LogP contribution in [0.15, 0.2) is 29.2 Å². The molecule has 1 aliphatic heterocycles. The molecule has 116 valence electrons. The van der Waals surface area contributed by atoms with Gasteiger partial charge in [-0.2, -0.15) is 17.5 Å². The van der Waals surface area contributed by atoms with Crippen molar-refractivity contribution in [3.8, 4) is 0 Å². The molecule has 0 aromatic heterocycles. The lowest BCUT2D eigenvalue weighted by atomic mass is 10.1. The van der Waals surface area contributed by atoms with Gasteiger partial charge in [0.15, 0.2) is 0 Å². The number of piperidine rings is 1. The van der Waals surface area contributed by atoms with Crippen molar-refractivity contribution in [3.63, 3.8) is 0 Å². The highest BCUT2D eigenvalue weighted by atomic mass is 32.2. The Labute approximate surface area is 120 Å². The second-order valence-electron chi connectivity index (χ2n) is 4.84. The summed E-state index contributed by atoms with van der Waals surface area (Å²) in [6, 6.07) is 2.77. The molecule has 1 aliphatic rings. The van der Waals surface area contributed by atoms with Crippen molar-refractivity contribution in [3.05, 3.63) is 29.8 Å². The Morgan fingerprint density at radius 2 is 1.95 bits per heavy atom. The summed E-state index contributed by atoms with van der Waals surface area (Å²) in [5.41, 5.74) is -1.02. The summed E-state index contributed by atoms with van der Waals surface area (Å²) < 4.78 is 63.9. The van der Waals surface area contributed by atoms with Crippen molar-refractivity contribution in [1.29, 1.82) is 0 Å². The standard InChI is InChI=1S/C13H14F3NO3S/c14-13(15,16)10-4-3-6-12(8-10)21(19,20)17-7-2-1-5-11(17)9-18/h3-4,6,8-9,11H,1-2,5,7H2. The van der Waals surface area contributed by atoms with E-state index in [1.807, 2.05) is 0 Å². The van der Waals surface area contributed by atoms with Crippen LogP contribution in [-0.4, -0.2) is 31.6 Å². The van der Waals surface area contributed by atoms with Crippen molar-refractivity contribution < 1.29 is 26.4 Å². The van der Waals surface area contributed by atoms with Gasteiger partial charge in [-0.05, 0) is 31.0 Å². The Bertz CT molecular complexity index is 628. The van der Waals surface area contributed by atoms with E-state index >= 15 is 0 Å². The molecule has 0 radical (unpaired) electrons. The summed E-state index contributed by atoms with van der Waals surface area (Å²) in [5, 5.41) is 0. The zero-order chi connectivity index (χ0) is 15.7. The van der Waals surface area contributed by atoms with Crippen molar-refractivity contribution in [1.82, 2.24) is 4.31 Å². The molecule has 21 heavy (non-hydrogen) atoms. The average Bonchev–Trinajstić information content (AvgIpc) is 2.46. The smallest absolute Gasteiger partial charge is 0.302 e. The number of sulfonamides is 1. The van der Waals surface area contributed by atoms with Crippen LogP contribution < -0.4 is 0 Å². The van der Waals surface area contributed by atoms with E-state index < -0.39 is 32.7 Å². The van der Waals surface area contributed by atoms with Crippen LogP contribution in [0.5, 0.6) is 0 Å². The monoisotopic (exact) mass is 321 g/mol. The molecule has 1 heterocycles. The number of benzene rings is 1. The number of carbonyl (C=O) groups excluding carboxylic acids is 1. The fraction of sp³-hybridized carbons (Fsp3) is 0.462. The van der Waals surface area contributed by atoms with Crippen molar-refractivity contribution in [2.45, 2.75) is 36.4 Å². The summed E-state index contributed by atoms with van der Waals surface area (Å²) in [5.74, 6) is 0. The maximum Gasteiger partial charge on any atom is 0.416 e. The van der Waals surface area contributed by atoms with Crippen LogP contribution in [0.3, 0.4) is 0 Å². The molecule has 2 rings (SSSR count). The minimum absolute atomic E-state index is 0.141. The summed E-state index contributed by atoms with van der Waals surface area (Å²) >= 11 is 0. The SMILES string of the molecule is O=CC1CCCCN1S(=O)(=O)c1cccc(C(F)(F)F)c1. The zero-order valence-electron chi connectivity index (χ0n) is 11.0. The molecule has 1 atom stereocenters. The van der Waals surface area contributed by atoms with Crippen LogP contribution in [0, 0.1) is 0 Å².